The van der Waals surface area contributed by atoms with Gasteiger partial charge in [-0.15, -0.1) is 0 Å². The highest BCUT2D eigenvalue weighted by Crippen LogP contribution is 2.33. The SMILES string of the molecule is CCCN1CCOC(c2noc(CC(O)C3CC3)n2)C1. The van der Waals surface area contributed by atoms with Gasteiger partial charge < -0.3 is 14.4 Å². The number of aromatic nitrogens is 2. The van der Waals surface area contributed by atoms with Gasteiger partial charge in [0.25, 0.3) is 0 Å². The Bertz CT molecular complexity index is 431. The van der Waals surface area contributed by atoms with Gasteiger partial charge in [0.1, 0.15) is 6.10 Å². The van der Waals surface area contributed by atoms with Crippen LogP contribution in [-0.2, 0) is 11.2 Å². The van der Waals surface area contributed by atoms with E-state index in [0.717, 1.165) is 38.9 Å². The summed E-state index contributed by atoms with van der Waals surface area (Å²) in [5, 5.41) is 13.9. The second-order valence-electron chi connectivity index (χ2n) is 5.82. The molecule has 1 aliphatic heterocycles. The second kappa shape index (κ2) is 6.20. The first-order valence-electron chi connectivity index (χ1n) is 7.60. The molecule has 1 N–H and O–H groups in total. The van der Waals surface area contributed by atoms with E-state index < -0.39 is 0 Å². The molecule has 0 spiro atoms. The Morgan fingerprint density at radius 3 is 3.05 bits per heavy atom. The number of morpholine rings is 1. The van der Waals surface area contributed by atoms with Crippen molar-refractivity contribution in [1.29, 1.82) is 0 Å². The van der Waals surface area contributed by atoms with Crippen LogP contribution in [0.3, 0.4) is 0 Å². The first kappa shape index (κ1) is 14.0. The predicted octanol–water partition coefficient (Wildman–Crippen LogP) is 1.17. The zero-order valence-corrected chi connectivity index (χ0v) is 12.0. The highest BCUT2D eigenvalue weighted by Gasteiger charge is 2.32. The van der Waals surface area contributed by atoms with Crippen LogP contribution < -0.4 is 0 Å². The van der Waals surface area contributed by atoms with Crippen LogP contribution in [-0.4, -0.2) is 52.5 Å². The van der Waals surface area contributed by atoms with Crippen LogP contribution in [0.2, 0.25) is 0 Å². The zero-order chi connectivity index (χ0) is 13.9. The fourth-order valence-corrected chi connectivity index (χ4v) is 2.69. The number of rotatable bonds is 6. The Labute approximate surface area is 119 Å². The topological polar surface area (TPSA) is 71.6 Å². The summed E-state index contributed by atoms with van der Waals surface area (Å²) in [5.41, 5.74) is 0. The number of ether oxygens (including phenoxy) is 1. The Kier molecular flexibility index (Phi) is 4.33. The molecule has 1 aromatic heterocycles. The van der Waals surface area contributed by atoms with Gasteiger partial charge in [-0.25, -0.2) is 0 Å². The van der Waals surface area contributed by atoms with Crippen LogP contribution in [0.25, 0.3) is 0 Å². The molecule has 0 bridgehead atoms. The van der Waals surface area contributed by atoms with Gasteiger partial charge in [0, 0.05) is 13.1 Å². The lowest BCUT2D eigenvalue weighted by Crippen LogP contribution is -2.39. The number of aliphatic hydroxyl groups excluding tert-OH is 1. The molecule has 6 heteroatoms. The molecule has 20 heavy (non-hydrogen) atoms. The maximum atomic E-state index is 9.91. The lowest BCUT2D eigenvalue weighted by molar-refractivity contribution is -0.0350. The maximum Gasteiger partial charge on any atom is 0.229 e. The Balaban J connectivity index is 1.57. The minimum absolute atomic E-state index is 0.106. The molecule has 1 saturated heterocycles. The van der Waals surface area contributed by atoms with Gasteiger partial charge in [0.2, 0.25) is 11.7 Å². The average molecular weight is 281 g/mol. The molecule has 2 heterocycles. The fraction of sp³-hybridized carbons (Fsp3) is 0.857. The lowest BCUT2D eigenvalue weighted by atomic mass is 10.1. The van der Waals surface area contributed by atoms with E-state index in [4.69, 9.17) is 9.26 Å². The van der Waals surface area contributed by atoms with Gasteiger partial charge in [0.15, 0.2) is 0 Å². The molecular formula is C14H23N3O3. The van der Waals surface area contributed by atoms with E-state index in [1.54, 1.807) is 0 Å². The van der Waals surface area contributed by atoms with Crippen molar-refractivity contribution in [2.24, 2.45) is 5.92 Å². The minimum atomic E-state index is -0.341. The summed E-state index contributed by atoms with van der Waals surface area (Å²) in [5.74, 6) is 1.57. The van der Waals surface area contributed by atoms with Crippen molar-refractivity contribution >= 4 is 0 Å². The predicted molar refractivity (Wildman–Crippen MR) is 72.2 cm³/mol. The highest BCUT2D eigenvalue weighted by molar-refractivity contribution is 4.96. The van der Waals surface area contributed by atoms with Crippen molar-refractivity contribution in [2.45, 2.75) is 44.8 Å². The summed E-state index contributed by atoms with van der Waals surface area (Å²) in [6, 6.07) is 0. The fourth-order valence-electron chi connectivity index (χ4n) is 2.69. The van der Waals surface area contributed by atoms with Crippen LogP contribution in [0.4, 0.5) is 0 Å². The average Bonchev–Trinajstić information content (AvgIpc) is 3.20. The Morgan fingerprint density at radius 1 is 1.45 bits per heavy atom. The second-order valence-corrected chi connectivity index (χ2v) is 5.82. The van der Waals surface area contributed by atoms with Crippen LogP contribution in [0.1, 0.15) is 44.0 Å². The molecule has 0 radical (unpaired) electrons. The summed E-state index contributed by atoms with van der Waals surface area (Å²) in [6.07, 6.45) is 3.37. The summed E-state index contributed by atoms with van der Waals surface area (Å²) in [4.78, 5) is 6.75. The van der Waals surface area contributed by atoms with E-state index >= 15 is 0 Å². The van der Waals surface area contributed by atoms with Crippen molar-refractivity contribution in [3.8, 4) is 0 Å². The van der Waals surface area contributed by atoms with Crippen molar-refractivity contribution in [3.05, 3.63) is 11.7 Å². The van der Waals surface area contributed by atoms with Crippen LogP contribution in [0.5, 0.6) is 0 Å². The molecule has 2 fully saturated rings. The van der Waals surface area contributed by atoms with Crippen LogP contribution in [0, 0.1) is 5.92 Å². The van der Waals surface area contributed by atoms with Gasteiger partial charge >= 0.3 is 0 Å². The van der Waals surface area contributed by atoms with Crippen molar-refractivity contribution in [3.63, 3.8) is 0 Å². The van der Waals surface area contributed by atoms with E-state index in [1.165, 1.54) is 0 Å². The molecule has 0 amide bonds. The Morgan fingerprint density at radius 2 is 2.30 bits per heavy atom. The molecule has 1 saturated carbocycles. The van der Waals surface area contributed by atoms with Gasteiger partial charge in [-0.05, 0) is 31.7 Å². The normalized spacial score (nSPS) is 25.8. The maximum absolute atomic E-state index is 9.91. The molecule has 0 aromatic carbocycles. The molecule has 2 atom stereocenters. The quantitative estimate of drug-likeness (QED) is 0.844. The van der Waals surface area contributed by atoms with E-state index in [0.29, 0.717) is 30.7 Å². The largest absolute Gasteiger partial charge is 0.392 e. The molecule has 1 aliphatic carbocycles. The van der Waals surface area contributed by atoms with Gasteiger partial charge in [-0.1, -0.05) is 12.1 Å². The first-order valence-corrected chi connectivity index (χ1v) is 7.60. The van der Waals surface area contributed by atoms with Crippen LogP contribution in [0.15, 0.2) is 4.52 Å². The van der Waals surface area contributed by atoms with Gasteiger partial charge in [-0.3, -0.25) is 4.90 Å². The third-order valence-electron chi connectivity index (χ3n) is 4.01. The van der Waals surface area contributed by atoms with Crippen molar-refractivity contribution < 1.29 is 14.4 Å². The smallest absolute Gasteiger partial charge is 0.229 e. The molecule has 2 unspecified atom stereocenters. The van der Waals surface area contributed by atoms with E-state index in [1.807, 2.05) is 0 Å². The number of nitrogens with zero attached hydrogens (tertiary/aromatic N) is 3. The number of aliphatic hydroxyl groups is 1. The van der Waals surface area contributed by atoms with E-state index in [2.05, 4.69) is 22.0 Å². The number of hydrogen-bond donors (Lipinski definition) is 1. The van der Waals surface area contributed by atoms with Gasteiger partial charge in [-0.2, -0.15) is 4.98 Å². The highest BCUT2D eigenvalue weighted by atomic mass is 16.5. The molecule has 6 nitrogen and oxygen atoms in total. The van der Waals surface area contributed by atoms with E-state index in [-0.39, 0.29) is 12.2 Å². The third-order valence-corrected chi connectivity index (χ3v) is 4.01. The monoisotopic (exact) mass is 281 g/mol. The molecular weight excluding hydrogens is 258 g/mol. The Hall–Kier alpha value is -0.980. The van der Waals surface area contributed by atoms with Crippen LogP contribution >= 0.6 is 0 Å². The van der Waals surface area contributed by atoms with Crippen molar-refractivity contribution in [2.75, 3.05) is 26.2 Å². The third kappa shape index (κ3) is 3.37. The van der Waals surface area contributed by atoms with Crippen molar-refractivity contribution in [1.82, 2.24) is 15.0 Å². The van der Waals surface area contributed by atoms with E-state index in [9.17, 15) is 5.11 Å². The summed E-state index contributed by atoms with van der Waals surface area (Å²) in [7, 11) is 0. The number of hydrogen-bond acceptors (Lipinski definition) is 6. The molecule has 2 aliphatic rings. The molecule has 3 rings (SSSR count). The molecule has 112 valence electrons. The summed E-state index contributed by atoms with van der Waals surface area (Å²) in [6.45, 7) is 5.74. The summed E-state index contributed by atoms with van der Waals surface area (Å²) < 4.78 is 11.0. The lowest BCUT2D eigenvalue weighted by Gasteiger charge is -2.30. The zero-order valence-electron chi connectivity index (χ0n) is 12.0. The van der Waals surface area contributed by atoms with Gasteiger partial charge in [0.05, 0.1) is 19.1 Å². The summed E-state index contributed by atoms with van der Waals surface area (Å²) >= 11 is 0. The standard InChI is InChI=1S/C14H23N3O3/c1-2-5-17-6-7-19-12(9-17)14-15-13(20-16-14)8-11(18)10-3-4-10/h10-12,18H,2-9H2,1H3. The first-order chi connectivity index (χ1) is 9.76. The molecule has 1 aromatic rings. The minimum Gasteiger partial charge on any atom is -0.392 e.